The van der Waals surface area contributed by atoms with Crippen LogP contribution in [0, 0.1) is 6.92 Å². The van der Waals surface area contributed by atoms with Crippen molar-refractivity contribution in [3.8, 4) is 11.5 Å². The summed E-state index contributed by atoms with van der Waals surface area (Å²) >= 11 is 12.9. The molecule has 144 valence electrons. The van der Waals surface area contributed by atoms with Crippen molar-refractivity contribution in [3.63, 3.8) is 0 Å². The highest BCUT2D eigenvalue weighted by Gasteiger charge is 2.20. The van der Waals surface area contributed by atoms with Gasteiger partial charge in [0.25, 0.3) is 0 Å². The largest absolute Gasteiger partial charge is 0.493 e. The molecular formula is C20H18Cl2N4O2. The summed E-state index contributed by atoms with van der Waals surface area (Å²) < 4.78 is 12.7. The Morgan fingerprint density at radius 1 is 1.04 bits per heavy atom. The zero-order valence-corrected chi connectivity index (χ0v) is 17.3. The first-order chi connectivity index (χ1) is 13.5. The van der Waals surface area contributed by atoms with Gasteiger partial charge >= 0.3 is 0 Å². The molecule has 2 aromatic carbocycles. The number of hydrogen-bond donors (Lipinski definition) is 0. The fourth-order valence-electron chi connectivity index (χ4n) is 3.41. The van der Waals surface area contributed by atoms with Crippen molar-refractivity contribution < 1.29 is 9.47 Å². The zero-order valence-electron chi connectivity index (χ0n) is 15.8. The van der Waals surface area contributed by atoms with Crippen molar-refractivity contribution in [1.82, 2.24) is 14.4 Å². The first kappa shape index (κ1) is 18.7. The molecule has 0 aliphatic heterocycles. The first-order valence-electron chi connectivity index (χ1n) is 8.53. The number of benzene rings is 2. The summed E-state index contributed by atoms with van der Waals surface area (Å²) in [4.78, 5) is 11.1. The molecule has 0 spiro atoms. The minimum Gasteiger partial charge on any atom is -0.493 e. The van der Waals surface area contributed by atoms with Gasteiger partial charge in [0.05, 0.1) is 42.2 Å². The van der Waals surface area contributed by atoms with Gasteiger partial charge in [0, 0.05) is 19.2 Å². The van der Waals surface area contributed by atoms with Crippen molar-refractivity contribution >= 4 is 51.3 Å². The quantitative estimate of drug-likeness (QED) is 0.452. The van der Waals surface area contributed by atoms with Crippen molar-refractivity contribution in [2.75, 3.05) is 26.2 Å². The van der Waals surface area contributed by atoms with Crippen molar-refractivity contribution in [2.24, 2.45) is 0 Å². The van der Waals surface area contributed by atoms with Crippen LogP contribution in [0.2, 0.25) is 10.3 Å². The van der Waals surface area contributed by atoms with Gasteiger partial charge in [-0.05, 0) is 30.2 Å². The fraction of sp³-hybridized carbons (Fsp3) is 0.200. The van der Waals surface area contributed by atoms with Gasteiger partial charge in [-0.25, -0.2) is 9.97 Å². The fourth-order valence-corrected chi connectivity index (χ4v) is 3.99. The summed E-state index contributed by atoms with van der Waals surface area (Å²) in [6.45, 7) is 2.01. The second kappa shape index (κ2) is 7.04. The number of hydrogen-bond acceptors (Lipinski definition) is 5. The first-order valence-corrected chi connectivity index (χ1v) is 9.29. The maximum Gasteiger partial charge on any atom is 0.208 e. The molecule has 0 radical (unpaired) electrons. The Balaban J connectivity index is 2.06. The Hall–Kier alpha value is -2.70. The number of halogens is 2. The molecule has 0 N–H and O–H groups in total. The highest BCUT2D eigenvalue weighted by atomic mass is 35.5. The van der Waals surface area contributed by atoms with Crippen LogP contribution in [0.5, 0.6) is 11.5 Å². The smallest absolute Gasteiger partial charge is 0.208 e. The minimum absolute atomic E-state index is 0.333. The molecule has 0 atom stereocenters. The number of aryl methyl sites for hydroxylation is 1. The summed E-state index contributed by atoms with van der Waals surface area (Å²) in [5, 5.41) is 0.973. The van der Waals surface area contributed by atoms with Gasteiger partial charge in [-0.2, -0.15) is 0 Å². The lowest BCUT2D eigenvalue weighted by atomic mass is 10.2. The average Bonchev–Trinajstić information content (AvgIpc) is 3.08. The van der Waals surface area contributed by atoms with Gasteiger partial charge in [-0.1, -0.05) is 23.7 Å². The monoisotopic (exact) mass is 416 g/mol. The SMILES string of the molecule is COc1cc2nc(N(C)c3c(C)cccc3Cl)c3cnc(Cl)n3c2cc1OC. The highest BCUT2D eigenvalue weighted by molar-refractivity contribution is 6.33. The van der Waals surface area contributed by atoms with E-state index in [2.05, 4.69) is 4.98 Å². The number of nitrogens with zero attached hydrogens (tertiary/aromatic N) is 4. The van der Waals surface area contributed by atoms with E-state index < -0.39 is 0 Å². The molecule has 0 unspecified atom stereocenters. The Labute approximate surface area is 172 Å². The standard InChI is InChI=1S/C20H18Cl2N4O2/c1-11-6-5-7-12(21)18(11)25(2)19-15-10-23-20(22)26(15)14-9-17(28-4)16(27-3)8-13(14)24-19/h5-10H,1-4H3. The number of ether oxygens (including phenoxy) is 2. The summed E-state index contributed by atoms with van der Waals surface area (Å²) in [6, 6.07) is 9.45. The van der Waals surface area contributed by atoms with Crippen molar-refractivity contribution in [3.05, 3.63) is 52.4 Å². The lowest BCUT2D eigenvalue weighted by molar-refractivity contribution is 0.355. The maximum absolute atomic E-state index is 6.48. The highest BCUT2D eigenvalue weighted by Crippen LogP contribution is 2.38. The lowest BCUT2D eigenvalue weighted by Gasteiger charge is -2.23. The molecular weight excluding hydrogens is 399 g/mol. The molecule has 4 rings (SSSR count). The molecule has 0 fully saturated rings. The van der Waals surface area contributed by atoms with Crippen LogP contribution in [0.1, 0.15) is 5.56 Å². The predicted octanol–water partition coefficient (Wildman–Crippen LogP) is 5.28. The number of para-hydroxylation sites is 1. The van der Waals surface area contributed by atoms with Crippen LogP contribution in [0.3, 0.4) is 0 Å². The molecule has 0 aliphatic carbocycles. The maximum atomic E-state index is 6.48. The Morgan fingerprint density at radius 2 is 1.75 bits per heavy atom. The van der Waals surface area contributed by atoms with Crippen molar-refractivity contribution in [1.29, 1.82) is 0 Å². The number of methoxy groups -OCH3 is 2. The van der Waals surface area contributed by atoms with E-state index in [-0.39, 0.29) is 0 Å². The third-order valence-corrected chi connectivity index (χ3v) is 5.31. The van der Waals surface area contributed by atoms with Gasteiger partial charge in [0.15, 0.2) is 17.3 Å². The van der Waals surface area contributed by atoms with Crippen LogP contribution in [-0.2, 0) is 0 Å². The Kier molecular flexibility index (Phi) is 4.69. The topological polar surface area (TPSA) is 51.9 Å². The van der Waals surface area contributed by atoms with Crippen LogP contribution in [-0.4, -0.2) is 35.6 Å². The summed E-state index contributed by atoms with van der Waals surface area (Å²) in [5.41, 5.74) is 4.12. The molecule has 2 heterocycles. The average molecular weight is 417 g/mol. The van der Waals surface area contributed by atoms with E-state index in [9.17, 15) is 0 Å². The second-order valence-corrected chi connectivity index (χ2v) is 7.09. The summed E-state index contributed by atoms with van der Waals surface area (Å²) in [6.07, 6.45) is 1.70. The molecule has 2 aromatic heterocycles. The second-order valence-electron chi connectivity index (χ2n) is 6.34. The lowest BCUT2D eigenvalue weighted by Crippen LogP contribution is -2.15. The Bertz CT molecular complexity index is 1190. The molecule has 0 bridgehead atoms. The van der Waals surface area contributed by atoms with E-state index in [1.165, 1.54) is 0 Å². The van der Waals surface area contributed by atoms with Gasteiger partial charge in [-0.3, -0.25) is 4.40 Å². The molecule has 4 aromatic rings. The number of aromatic nitrogens is 3. The van der Waals surface area contributed by atoms with Gasteiger partial charge in [0.1, 0.15) is 5.52 Å². The molecule has 0 saturated heterocycles. The molecule has 0 saturated carbocycles. The number of imidazole rings is 1. The van der Waals surface area contributed by atoms with E-state index in [0.29, 0.717) is 33.1 Å². The number of fused-ring (bicyclic) bond motifs is 3. The third kappa shape index (κ3) is 2.80. The summed E-state index contributed by atoms with van der Waals surface area (Å²) in [7, 11) is 5.10. The van der Waals surface area contributed by atoms with Gasteiger partial charge in [0.2, 0.25) is 5.28 Å². The predicted molar refractivity (Wildman–Crippen MR) is 113 cm³/mol. The molecule has 0 amide bonds. The summed E-state index contributed by atoms with van der Waals surface area (Å²) in [5.74, 6) is 1.85. The third-order valence-electron chi connectivity index (χ3n) is 4.74. The van der Waals surface area contributed by atoms with Gasteiger partial charge in [-0.15, -0.1) is 0 Å². The van der Waals surface area contributed by atoms with Gasteiger partial charge < -0.3 is 14.4 Å². The number of anilines is 2. The van der Waals surface area contributed by atoms with E-state index in [4.69, 9.17) is 37.7 Å². The van der Waals surface area contributed by atoms with Crippen LogP contribution in [0.15, 0.2) is 36.5 Å². The van der Waals surface area contributed by atoms with E-state index in [1.54, 1.807) is 20.4 Å². The van der Waals surface area contributed by atoms with Crippen LogP contribution in [0.25, 0.3) is 16.6 Å². The zero-order chi connectivity index (χ0) is 20.0. The molecule has 8 heteroatoms. The van der Waals surface area contributed by atoms with E-state index in [1.807, 2.05) is 53.6 Å². The molecule has 6 nitrogen and oxygen atoms in total. The normalized spacial score (nSPS) is 11.2. The van der Waals surface area contributed by atoms with Crippen LogP contribution >= 0.6 is 23.2 Å². The minimum atomic E-state index is 0.333. The van der Waals surface area contributed by atoms with E-state index >= 15 is 0 Å². The molecule has 28 heavy (non-hydrogen) atoms. The molecule has 0 aliphatic rings. The Morgan fingerprint density at radius 3 is 2.43 bits per heavy atom. The van der Waals surface area contributed by atoms with Crippen LogP contribution < -0.4 is 14.4 Å². The van der Waals surface area contributed by atoms with Crippen molar-refractivity contribution in [2.45, 2.75) is 6.92 Å². The van der Waals surface area contributed by atoms with E-state index in [0.717, 1.165) is 22.3 Å². The number of rotatable bonds is 4. The van der Waals surface area contributed by atoms with Crippen LogP contribution in [0.4, 0.5) is 11.5 Å².